The average Bonchev–Trinajstić information content (AvgIpc) is 3.04. The molecule has 33 heavy (non-hydrogen) atoms. The highest BCUT2D eigenvalue weighted by Gasteiger charge is 2.46. The van der Waals surface area contributed by atoms with Crippen molar-refractivity contribution in [2.45, 2.75) is 70.1 Å². The third-order valence-corrected chi connectivity index (χ3v) is 6.99. The lowest BCUT2D eigenvalue weighted by Crippen LogP contribution is -2.63. The summed E-state index contributed by atoms with van der Waals surface area (Å²) < 4.78 is 1.48. The van der Waals surface area contributed by atoms with E-state index in [2.05, 4.69) is 15.7 Å². The fourth-order valence-corrected chi connectivity index (χ4v) is 4.74. The maximum atomic E-state index is 13.3. The van der Waals surface area contributed by atoms with Gasteiger partial charge >= 0.3 is 0 Å². The molecule has 1 aliphatic heterocycles. The number of fused-ring (bicyclic) bond motifs is 1. The SMILES string of the molecule is CN1C(=O)c2cc(C(=O)NCc3cccc(Cl)c3)nn2C[C@]1(C)C(=O)NC1CCCCCC1. The van der Waals surface area contributed by atoms with Gasteiger partial charge in [0.05, 0.1) is 6.54 Å². The molecule has 0 spiro atoms. The number of amides is 3. The summed E-state index contributed by atoms with van der Waals surface area (Å²) in [4.78, 5) is 40.5. The molecule has 2 aromatic rings. The molecule has 2 heterocycles. The Morgan fingerprint density at radius 1 is 1.18 bits per heavy atom. The van der Waals surface area contributed by atoms with Crippen molar-refractivity contribution >= 4 is 29.3 Å². The van der Waals surface area contributed by atoms with E-state index in [-0.39, 0.29) is 36.6 Å². The molecule has 1 atom stereocenters. The number of likely N-dealkylation sites (N-methyl/N-ethyl adjacent to an activating group) is 1. The van der Waals surface area contributed by atoms with Crippen LogP contribution in [0.15, 0.2) is 30.3 Å². The monoisotopic (exact) mass is 471 g/mol. The number of rotatable bonds is 5. The number of hydrogen-bond acceptors (Lipinski definition) is 4. The highest BCUT2D eigenvalue weighted by molar-refractivity contribution is 6.30. The number of nitrogens with one attached hydrogen (secondary N) is 2. The Balaban J connectivity index is 1.47. The minimum Gasteiger partial charge on any atom is -0.351 e. The Kier molecular flexibility index (Phi) is 6.74. The van der Waals surface area contributed by atoms with Gasteiger partial charge in [0.15, 0.2) is 5.69 Å². The predicted octanol–water partition coefficient (Wildman–Crippen LogP) is 3.15. The second-order valence-corrected chi connectivity index (χ2v) is 9.62. The zero-order chi connectivity index (χ0) is 23.6. The molecule has 2 aliphatic rings. The highest BCUT2D eigenvalue weighted by Crippen LogP contribution is 2.27. The third-order valence-electron chi connectivity index (χ3n) is 6.76. The van der Waals surface area contributed by atoms with Gasteiger partial charge in [-0.15, -0.1) is 0 Å². The van der Waals surface area contributed by atoms with E-state index in [4.69, 9.17) is 11.6 Å². The molecular formula is C24H30ClN5O3. The quantitative estimate of drug-likeness (QED) is 0.655. The summed E-state index contributed by atoms with van der Waals surface area (Å²) in [6.07, 6.45) is 6.52. The standard InChI is InChI=1S/C24H30ClN5O3/c1-24(23(33)27-18-10-5-3-4-6-11-18)15-30-20(22(32)29(24)2)13-19(28-30)21(31)26-14-16-8-7-9-17(25)12-16/h7-9,12-13,18H,3-6,10-11,14-15H2,1-2H3,(H,26,31)(H,27,33)/t24-/m1/s1. The molecule has 0 unspecified atom stereocenters. The fourth-order valence-electron chi connectivity index (χ4n) is 4.52. The van der Waals surface area contributed by atoms with Crippen LogP contribution in [0.5, 0.6) is 0 Å². The highest BCUT2D eigenvalue weighted by atomic mass is 35.5. The first-order valence-corrected chi connectivity index (χ1v) is 11.9. The van der Waals surface area contributed by atoms with Gasteiger partial charge in [-0.05, 0) is 37.5 Å². The lowest BCUT2D eigenvalue weighted by atomic mass is 9.95. The van der Waals surface area contributed by atoms with E-state index in [0.29, 0.717) is 10.7 Å². The van der Waals surface area contributed by atoms with Crippen molar-refractivity contribution in [1.82, 2.24) is 25.3 Å². The summed E-state index contributed by atoms with van der Waals surface area (Å²) in [5, 5.41) is 10.9. The van der Waals surface area contributed by atoms with Crippen molar-refractivity contribution in [3.63, 3.8) is 0 Å². The Morgan fingerprint density at radius 2 is 1.91 bits per heavy atom. The van der Waals surface area contributed by atoms with Gasteiger partial charge in [-0.2, -0.15) is 5.10 Å². The molecule has 1 aliphatic carbocycles. The molecule has 9 heteroatoms. The zero-order valence-corrected chi connectivity index (χ0v) is 19.8. The van der Waals surface area contributed by atoms with Crippen molar-refractivity contribution in [3.8, 4) is 0 Å². The lowest BCUT2D eigenvalue weighted by Gasteiger charge is -2.41. The lowest BCUT2D eigenvalue weighted by molar-refractivity contribution is -0.133. The molecule has 1 saturated carbocycles. The van der Waals surface area contributed by atoms with Gasteiger partial charge in [-0.1, -0.05) is 49.4 Å². The normalized spacial score (nSPS) is 21.3. The van der Waals surface area contributed by atoms with Gasteiger partial charge in [-0.25, -0.2) is 0 Å². The number of carbonyl (C=O) groups excluding carboxylic acids is 3. The maximum absolute atomic E-state index is 13.3. The minimum atomic E-state index is -1.09. The van der Waals surface area contributed by atoms with Crippen LogP contribution in [0.25, 0.3) is 0 Å². The fraction of sp³-hybridized carbons (Fsp3) is 0.500. The maximum Gasteiger partial charge on any atom is 0.272 e. The molecule has 3 amide bonds. The van der Waals surface area contributed by atoms with E-state index >= 15 is 0 Å². The molecule has 1 aromatic carbocycles. The molecule has 176 valence electrons. The predicted molar refractivity (Wildman–Crippen MR) is 125 cm³/mol. The van der Waals surface area contributed by atoms with E-state index in [9.17, 15) is 14.4 Å². The molecule has 8 nitrogen and oxygen atoms in total. The Morgan fingerprint density at radius 3 is 2.61 bits per heavy atom. The Bertz CT molecular complexity index is 1060. The van der Waals surface area contributed by atoms with Crippen LogP contribution in [0.1, 0.15) is 72.0 Å². The summed E-state index contributed by atoms with van der Waals surface area (Å²) >= 11 is 5.99. The van der Waals surface area contributed by atoms with Crippen LogP contribution in [-0.2, 0) is 17.9 Å². The van der Waals surface area contributed by atoms with Crippen molar-refractivity contribution in [2.24, 2.45) is 0 Å². The van der Waals surface area contributed by atoms with Gasteiger partial charge in [0.25, 0.3) is 11.8 Å². The molecule has 0 radical (unpaired) electrons. The topological polar surface area (TPSA) is 96.3 Å². The minimum absolute atomic E-state index is 0.132. The Hall–Kier alpha value is -2.87. The van der Waals surface area contributed by atoms with Crippen molar-refractivity contribution in [3.05, 3.63) is 52.3 Å². The molecule has 1 fully saturated rings. The van der Waals surface area contributed by atoms with E-state index in [1.807, 2.05) is 12.1 Å². The van der Waals surface area contributed by atoms with Gasteiger partial charge in [0, 0.05) is 30.7 Å². The van der Waals surface area contributed by atoms with Crippen molar-refractivity contribution in [2.75, 3.05) is 7.05 Å². The average molecular weight is 472 g/mol. The van der Waals surface area contributed by atoms with Crippen LogP contribution < -0.4 is 10.6 Å². The summed E-state index contributed by atoms with van der Waals surface area (Å²) in [7, 11) is 1.63. The number of benzene rings is 1. The number of nitrogens with zero attached hydrogens (tertiary/aromatic N) is 3. The summed E-state index contributed by atoms with van der Waals surface area (Å²) in [5.74, 6) is -0.906. The molecule has 4 rings (SSSR count). The van der Waals surface area contributed by atoms with Gasteiger partial charge in [0.1, 0.15) is 11.2 Å². The number of carbonyl (C=O) groups is 3. The van der Waals surface area contributed by atoms with Crippen LogP contribution >= 0.6 is 11.6 Å². The second kappa shape index (κ2) is 9.55. The molecular weight excluding hydrogens is 442 g/mol. The van der Waals surface area contributed by atoms with Crippen LogP contribution in [0.3, 0.4) is 0 Å². The first kappa shape index (κ1) is 23.3. The first-order chi connectivity index (χ1) is 15.8. The van der Waals surface area contributed by atoms with E-state index in [1.165, 1.54) is 28.5 Å². The van der Waals surface area contributed by atoms with E-state index in [1.54, 1.807) is 26.1 Å². The largest absolute Gasteiger partial charge is 0.351 e. The smallest absolute Gasteiger partial charge is 0.272 e. The third kappa shape index (κ3) is 4.90. The van der Waals surface area contributed by atoms with Gasteiger partial charge in [-0.3, -0.25) is 19.1 Å². The molecule has 1 aromatic heterocycles. The first-order valence-electron chi connectivity index (χ1n) is 11.5. The van der Waals surface area contributed by atoms with Crippen LogP contribution in [0, 0.1) is 0 Å². The summed E-state index contributed by atoms with van der Waals surface area (Å²) in [6.45, 7) is 2.22. The van der Waals surface area contributed by atoms with Gasteiger partial charge in [0.2, 0.25) is 5.91 Å². The van der Waals surface area contributed by atoms with E-state index in [0.717, 1.165) is 31.2 Å². The number of aromatic nitrogens is 2. The van der Waals surface area contributed by atoms with Crippen molar-refractivity contribution < 1.29 is 14.4 Å². The van der Waals surface area contributed by atoms with Crippen molar-refractivity contribution in [1.29, 1.82) is 0 Å². The number of halogens is 1. The summed E-state index contributed by atoms with van der Waals surface area (Å²) in [5.41, 5.74) is 0.211. The molecule has 2 N–H and O–H groups in total. The molecule has 0 bridgehead atoms. The molecule has 0 saturated heterocycles. The van der Waals surface area contributed by atoms with Crippen LogP contribution in [-0.4, -0.2) is 51.0 Å². The van der Waals surface area contributed by atoms with Gasteiger partial charge < -0.3 is 15.5 Å². The van der Waals surface area contributed by atoms with E-state index < -0.39 is 11.4 Å². The summed E-state index contributed by atoms with van der Waals surface area (Å²) in [6, 6.07) is 8.83. The second-order valence-electron chi connectivity index (χ2n) is 9.19. The van der Waals surface area contributed by atoms with Crippen LogP contribution in [0.2, 0.25) is 5.02 Å². The zero-order valence-electron chi connectivity index (χ0n) is 19.1. The Labute approximate surface area is 198 Å². The number of hydrogen-bond donors (Lipinski definition) is 2. The van der Waals surface area contributed by atoms with Crippen LogP contribution in [0.4, 0.5) is 0 Å².